The smallest absolute Gasteiger partial charge is 0.320 e. The third-order valence-electron chi connectivity index (χ3n) is 3.09. The Morgan fingerprint density at radius 3 is 2.53 bits per heavy atom. The summed E-state index contributed by atoms with van der Waals surface area (Å²) < 4.78 is 0. The molecule has 0 aliphatic carbocycles. The summed E-state index contributed by atoms with van der Waals surface area (Å²) in [5, 5.41) is 12.6. The number of thioether (sulfide) groups is 1. The minimum absolute atomic E-state index is 0.120. The lowest BCUT2D eigenvalue weighted by atomic mass is 10.0. The molecular weight excluding hydrogens is 258 g/mol. The normalized spacial score (nSPS) is 14.0. The van der Waals surface area contributed by atoms with Gasteiger partial charge in [-0.05, 0) is 30.4 Å². The van der Waals surface area contributed by atoms with Crippen molar-refractivity contribution < 1.29 is 9.90 Å². The molecule has 1 unspecified atom stereocenters. The van der Waals surface area contributed by atoms with Gasteiger partial charge in [0.25, 0.3) is 0 Å². The molecule has 106 valence electrons. The van der Waals surface area contributed by atoms with Gasteiger partial charge in [0.1, 0.15) is 6.04 Å². The number of carboxylic acid groups (broad SMARTS) is 1. The van der Waals surface area contributed by atoms with E-state index in [-0.39, 0.29) is 6.04 Å². The number of hydrogen-bond acceptors (Lipinski definition) is 3. The van der Waals surface area contributed by atoms with Crippen molar-refractivity contribution in [3.63, 3.8) is 0 Å². The van der Waals surface area contributed by atoms with Crippen molar-refractivity contribution in [3.8, 4) is 0 Å². The van der Waals surface area contributed by atoms with Crippen LogP contribution in [0.3, 0.4) is 0 Å². The zero-order chi connectivity index (χ0) is 14.1. The van der Waals surface area contributed by atoms with Crippen LogP contribution < -0.4 is 5.32 Å². The lowest BCUT2D eigenvalue weighted by molar-refractivity contribution is -0.139. The Morgan fingerprint density at radius 1 is 1.32 bits per heavy atom. The van der Waals surface area contributed by atoms with E-state index < -0.39 is 12.0 Å². The third-order valence-corrected chi connectivity index (χ3v) is 3.73. The Balaban J connectivity index is 2.73. The molecule has 0 heterocycles. The van der Waals surface area contributed by atoms with Crippen molar-refractivity contribution in [2.45, 2.75) is 38.3 Å². The molecule has 0 fully saturated rings. The van der Waals surface area contributed by atoms with E-state index in [0.29, 0.717) is 6.42 Å². The van der Waals surface area contributed by atoms with Crippen molar-refractivity contribution >= 4 is 17.7 Å². The van der Waals surface area contributed by atoms with Crippen LogP contribution in [-0.4, -0.2) is 29.1 Å². The minimum Gasteiger partial charge on any atom is -0.480 e. The zero-order valence-electron chi connectivity index (χ0n) is 11.6. The highest BCUT2D eigenvalue weighted by atomic mass is 32.2. The van der Waals surface area contributed by atoms with Crippen molar-refractivity contribution in [2.24, 2.45) is 0 Å². The van der Waals surface area contributed by atoms with Gasteiger partial charge < -0.3 is 5.11 Å². The second-order valence-electron chi connectivity index (χ2n) is 4.59. The second kappa shape index (κ2) is 8.99. The first-order valence-corrected chi connectivity index (χ1v) is 8.11. The number of hydrogen-bond donors (Lipinski definition) is 2. The number of benzene rings is 1. The standard InChI is InChI=1S/C15H23NO2S/c1-3-7-13(12-8-5-4-6-9-12)16-14(15(17)18)10-11-19-2/h4-6,8-9,13-14,16H,3,7,10-11H2,1-2H3,(H,17,18)/t13?,14-/m0/s1. The van der Waals surface area contributed by atoms with Gasteiger partial charge in [-0.3, -0.25) is 10.1 Å². The monoisotopic (exact) mass is 281 g/mol. The molecule has 19 heavy (non-hydrogen) atoms. The molecular formula is C15H23NO2S. The summed E-state index contributed by atoms with van der Waals surface area (Å²) in [4.78, 5) is 11.3. The number of rotatable bonds is 9. The molecule has 2 N–H and O–H groups in total. The topological polar surface area (TPSA) is 49.3 Å². The molecule has 3 nitrogen and oxygen atoms in total. The van der Waals surface area contributed by atoms with E-state index in [2.05, 4.69) is 24.4 Å². The number of nitrogens with one attached hydrogen (secondary N) is 1. The van der Waals surface area contributed by atoms with Crippen LogP contribution in [0.25, 0.3) is 0 Å². The van der Waals surface area contributed by atoms with Gasteiger partial charge in [-0.25, -0.2) is 0 Å². The maximum absolute atomic E-state index is 11.3. The summed E-state index contributed by atoms with van der Waals surface area (Å²) in [5.41, 5.74) is 1.17. The van der Waals surface area contributed by atoms with Crippen LogP contribution in [0.4, 0.5) is 0 Å². The highest BCUT2D eigenvalue weighted by Gasteiger charge is 2.21. The molecule has 2 atom stereocenters. The van der Waals surface area contributed by atoms with Gasteiger partial charge in [-0.2, -0.15) is 11.8 Å². The van der Waals surface area contributed by atoms with Crippen molar-refractivity contribution in [3.05, 3.63) is 35.9 Å². The molecule has 0 saturated carbocycles. The van der Waals surface area contributed by atoms with Crippen LogP contribution in [0.15, 0.2) is 30.3 Å². The molecule has 1 aromatic rings. The summed E-state index contributed by atoms with van der Waals surface area (Å²) in [6.07, 6.45) is 4.64. The predicted octanol–water partition coefficient (Wildman–Crippen LogP) is 3.32. The fourth-order valence-electron chi connectivity index (χ4n) is 2.08. The van der Waals surface area contributed by atoms with Crippen LogP contribution >= 0.6 is 11.8 Å². The molecule has 0 bridgehead atoms. The van der Waals surface area contributed by atoms with Crippen LogP contribution in [0, 0.1) is 0 Å². The summed E-state index contributed by atoms with van der Waals surface area (Å²) in [6.45, 7) is 2.12. The van der Waals surface area contributed by atoms with E-state index in [4.69, 9.17) is 0 Å². The number of carboxylic acids is 1. The number of carbonyl (C=O) groups is 1. The van der Waals surface area contributed by atoms with Crippen molar-refractivity contribution in [1.82, 2.24) is 5.32 Å². The first kappa shape index (κ1) is 16.1. The molecule has 0 spiro atoms. The van der Waals surface area contributed by atoms with E-state index in [1.165, 1.54) is 5.56 Å². The quantitative estimate of drug-likeness (QED) is 0.729. The summed E-state index contributed by atoms with van der Waals surface area (Å²) >= 11 is 1.68. The fraction of sp³-hybridized carbons (Fsp3) is 0.533. The van der Waals surface area contributed by atoms with E-state index in [0.717, 1.165) is 18.6 Å². The van der Waals surface area contributed by atoms with E-state index in [1.54, 1.807) is 11.8 Å². The molecule has 1 aromatic carbocycles. The Labute approximate surface area is 119 Å². The molecule has 1 rings (SSSR count). The molecule has 0 radical (unpaired) electrons. The molecule has 0 aliphatic rings. The maximum Gasteiger partial charge on any atom is 0.320 e. The second-order valence-corrected chi connectivity index (χ2v) is 5.58. The first-order chi connectivity index (χ1) is 9.19. The summed E-state index contributed by atoms with van der Waals surface area (Å²) in [6, 6.07) is 9.74. The van der Waals surface area contributed by atoms with Crippen LogP contribution in [-0.2, 0) is 4.79 Å². The Kier molecular flexibility index (Phi) is 7.60. The molecule has 0 aromatic heterocycles. The van der Waals surface area contributed by atoms with Crippen molar-refractivity contribution in [2.75, 3.05) is 12.0 Å². The van der Waals surface area contributed by atoms with E-state index >= 15 is 0 Å². The minimum atomic E-state index is -0.758. The average molecular weight is 281 g/mol. The Bertz CT molecular complexity index is 370. The fourth-order valence-corrected chi connectivity index (χ4v) is 2.55. The average Bonchev–Trinajstić information content (AvgIpc) is 2.43. The molecule has 0 aliphatic heterocycles. The highest BCUT2D eigenvalue weighted by Crippen LogP contribution is 2.19. The lowest BCUT2D eigenvalue weighted by Gasteiger charge is -2.23. The van der Waals surface area contributed by atoms with Crippen LogP contribution in [0.2, 0.25) is 0 Å². The summed E-state index contributed by atoms with van der Waals surface area (Å²) in [5.74, 6) is 0.100. The van der Waals surface area contributed by atoms with Gasteiger partial charge in [-0.1, -0.05) is 43.7 Å². The van der Waals surface area contributed by atoms with Crippen molar-refractivity contribution in [1.29, 1.82) is 0 Å². The molecule has 0 saturated heterocycles. The highest BCUT2D eigenvalue weighted by molar-refractivity contribution is 7.98. The number of aliphatic carboxylic acids is 1. The van der Waals surface area contributed by atoms with Gasteiger partial charge >= 0.3 is 5.97 Å². The zero-order valence-corrected chi connectivity index (χ0v) is 12.5. The third kappa shape index (κ3) is 5.66. The summed E-state index contributed by atoms with van der Waals surface area (Å²) in [7, 11) is 0. The van der Waals surface area contributed by atoms with Crippen LogP contribution in [0.1, 0.15) is 37.8 Å². The molecule has 0 amide bonds. The van der Waals surface area contributed by atoms with Gasteiger partial charge in [0.15, 0.2) is 0 Å². The van der Waals surface area contributed by atoms with Gasteiger partial charge in [0.2, 0.25) is 0 Å². The van der Waals surface area contributed by atoms with E-state index in [1.807, 2.05) is 24.5 Å². The SMILES string of the molecule is CCCC(N[C@@H](CCSC)C(=O)O)c1ccccc1. The lowest BCUT2D eigenvalue weighted by Crippen LogP contribution is -2.39. The van der Waals surface area contributed by atoms with Gasteiger partial charge in [0, 0.05) is 6.04 Å². The predicted molar refractivity (Wildman–Crippen MR) is 81.6 cm³/mol. The Hall–Kier alpha value is -1.00. The van der Waals surface area contributed by atoms with Crippen LogP contribution in [0.5, 0.6) is 0 Å². The van der Waals surface area contributed by atoms with E-state index in [9.17, 15) is 9.90 Å². The largest absolute Gasteiger partial charge is 0.480 e. The Morgan fingerprint density at radius 2 is 2.00 bits per heavy atom. The first-order valence-electron chi connectivity index (χ1n) is 6.71. The van der Waals surface area contributed by atoms with Gasteiger partial charge in [-0.15, -0.1) is 0 Å². The molecule has 4 heteroatoms. The van der Waals surface area contributed by atoms with Gasteiger partial charge in [0.05, 0.1) is 0 Å². The maximum atomic E-state index is 11.3.